The molecule has 31 heavy (non-hydrogen) atoms. The fourth-order valence-electron chi connectivity index (χ4n) is 1.16. The van der Waals surface area contributed by atoms with Gasteiger partial charge in [-0.15, -0.1) is 0 Å². The number of ether oxygens (including phenoxy) is 2. The van der Waals surface area contributed by atoms with Gasteiger partial charge in [0.05, 0.1) is 5.97 Å². The second-order valence-electron chi connectivity index (χ2n) is 4.06. The summed E-state index contributed by atoms with van der Waals surface area (Å²) in [4.78, 5) is 21.1. The summed E-state index contributed by atoms with van der Waals surface area (Å²) in [5, 5.41) is 18.3. The minimum atomic E-state index is -6.14. The molecule has 0 aliphatic rings. The maximum atomic E-state index is 11.9. The SMILES string of the molecule is COC(C(=O)[O-])(C(F)(F)F)C(F)(F)F.COC(C(F)(F)F)C(F)(F)F.O=CO[O-].[Na+].[Na+]. The minimum absolute atomic E-state index is 0. The summed E-state index contributed by atoms with van der Waals surface area (Å²) in [6.45, 7) is -0.181. The third-order valence-electron chi connectivity index (χ3n) is 2.26. The Morgan fingerprint density at radius 3 is 1.06 bits per heavy atom. The third-order valence-corrected chi connectivity index (χ3v) is 2.26. The number of carbonyl (C=O) groups is 2. The number of aliphatic carboxylic acids is 1. The van der Waals surface area contributed by atoms with Gasteiger partial charge in [-0.25, -0.2) is 0 Å². The van der Waals surface area contributed by atoms with Crippen LogP contribution in [0.25, 0.3) is 0 Å². The van der Waals surface area contributed by atoms with Crippen LogP contribution in [-0.4, -0.2) is 63.1 Å². The van der Waals surface area contributed by atoms with Crippen molar-refractivity contribution in [3.05, 3.63) is 0 Å². The Hall–Kier alpha value is -0.0200. The monoisotopic (exact) mass is 514 g/mol. The van der Waals surface area contributed by atoms with Gasteiger partial charge in [0, 0.05) is 14.2 Å². The zero-order valence-corrected chi connectivity index (χ0v) is 19.5. The van der Waals surface area contributed by atoms with Crippen molar-refractivity contribution >= 4 is 12.4 Å². The van der Waals surface area contributed by atoms with E-state index in [1.165, 1.54) is 0 Å². The van der Waals surface area contributed by atoms with E-state index in [-0.39, 0.29) is 72.7 Å². The van der Waals surface area contributed by atoms with E-state index in [4.69, 9.17) is 10.1 Å². The van der Waals surface area contributed by atoms with Crippen molar-refractivity contribution in [1.82, 2.24) is 0 Å². The number of hydrogen-bond acceptors (Lipinski definition) is 7. The Morgan fingerprint density at radius 1 is 0.806 bits per heavy atom. The van der Waals surface area contributed by atoms with Crippen LogP contribution in [0.1, 0.15) is 0 Å². The van der Waals surface area contributed by atoms with Crippen LogP contribution in [0.2, 0.25) is 0 Å². The summed E-state index contributed by atoms with van der Waals surface area (Å²) >= 11 is 0. The van der Waals surface area contributed by atoms with Gasteiger partial charge in [-0.1, -0.05) is 0 Å². The normalized spacial score (nSPS) is 12.1. The van der Waals surface area contributed by atoms with Gasteiger partial charge in [-0.2, -0.15) is 52.7 Å². The smallest absolute Gasteiger partial charge is 0.662 e. The number of methoxy groups -OCH3 is 2. The summed E-state index contributed by atoms with van der Waals surface area (Å²) in [6, 6.07) is 0. The Bertz CT molecular complexity index is 476. The van der Waals surface area contributed by atoms with E-state index in [1.807, 2.05) is 0 Å². The number of carboxylic acid groups (broad SMARTS) is 1. The summed E-state index contributed by atoms with van der Waals surface area (Å²) < 4.78 is 146. The van der Waals surface area contributed by atoms with Gasteiger partial charge in [-0.05, 0) is 0 Å². The average Bonchev–Trinajstić information content (AvgIpc) is 2.43. The van der Waals surface area contributed by atoms with Crippen LogP contribution in [-0.2, 0) is 24.0 Å². The Kier molecular flexibility index (Phi) is 21.0. The van der Waals surface area contributed by atoms with E-state index < -0.39 is 42.4 Å². The van der Waals surface area contributed by atoms with Crippen molar-refractivity contribution < 1.29 is 146 Å². The van der Waals surface area contributed by atoms with Crippen molar-refractivity contribution in [1.29, 1.82) is 0 Å². The molecule has 21 heteroatoms. The van der Waals surface area contributed by atoms with Gasteiger partial charge in [0.15, 0.2) is 0 Å². The molecule has 7 nitrogen and oxygen atoms in total. The zero-order chi connectivity index (χ0) is 24.5. The fourth-order valence-corrected chi connectivity index (χ4v) is 1.16. The largest absolute Gasteiger partial charge is 1.00 e. The van der Waals surface area contributed by atoms with Crippen LogP contribution in [0.3, 0.4) is 0 Å². The molecule has 0 saturated carbocycles. The van der Waals surface area contributed by atoms with E-state index in [9.17, 15) is 62.6 Å². The Balaban J connectivity index is -0.000000119. The van der Waals surface area contributed by atoms with Crippen LogP contribution < -0.4 is 69.5 Å². The van der Waals surface area contributed by atoms with Crippen LogP contribution in [0.4, 0.5) is 52.7 Å². The molecular weight excluding hydrogens is 506 g/mol. The van der Waals surface area contributed by atoms with E-state index in [0.29, 0.717) is 7.11 Å². The predicted molar refractivity (Wildman–Crippen MR) is 56.9 cm³/mol. The van der Waals surface area contributed by atoms with Gasteiger partial charge < -0.3 is 29.5 Å². The molecule has 0 unspecified atom stereocenters. The van der Waals surface area contributed by atoms with Gasteiger partial charge in [0.1, 0.15) is 0 Å². The first-order valence-electron chi connectivity index (χ1n) is 5.90. The maximum Gasteiger partial charge on any atom is 1.00 e. The average molecular weight is 514 g/mol. The number of alkyl halides is 12. The molecule has 0 spiro atoms. The van der Waals surface area contributed by atoms with E-state index >= 15 is 0 Å². The molecule has 0 rings (SSSR count). The van der Waals surface area contributed by atoms with Crippen molar-refractivity contribution in [3.63, 3.8) is 0 Å². The molecule has 0 amide bonds. The molecule has 0 fully saturated rings. The van der Waals surface area contributed by atoms with Gasteiger partial charge >= 0.3 is 83.8 Å². The van der Waals surface area contributed by atoms with Crippen LogP contribution in [0, 0.1) is 0 Å². The molecule has 0 N–H and O–H groups in total. The second-order valence-corrected chi connectivity index (χ2v) is 4.06. The molecule has 0 aliphatic heterocycles. The first-order valence-corrected chi connectivity index (χ1v) is 5.90. The predicted octanol–water partition coefficient (Wildman–Crippen LogP) is -5.19. The summed E-state index contributed by atoms with van der Waals surface area (Å²) in [5.74, 6) is -3.40. The quantitative estimate of drug-likeness (QED) is 0.122. The van der Waals surface area contributed by atoms with Crippen molar-refractivity contribution in [2.45, 2.75) is 36.4 Å². The first kappa shape index (κ1) is 41.3. The fraction of sp³-hybridized carbons (Fsp3) is 0.800. The van der Waals surface area contributed by atoms with E-state index in [0.717, 1.165) is 0 Å². The van der Waals surface area contributed by atoms with Gasteiger partial charge in [-0.3, -0.25) is 4.79 Å². The number of halogens is 12. The molecule has 0 atom stereocenters. The molecule has 176 valence electrons. The van der Waals surface area contributed by atoms with Crippen LogP contribution >= 0.6 is 0 Å². The molecular formula is C10H8F12Na2O7. The Labute approximate surface area is 208 Å². The van der Waals surface area contributed by atoms with Crippen molar-refractivity contribution in [3.8, 4) is 0 Å². The summed E-state index contributed by atoms with van der Waals surface area (Å²) in [7, 11) is 0.336. The van der Waals surface area contributed by atoms with Crippen molar-refractivity contribution in [2.24, 2.45) is 0 Å². The van der Waals surface area contributed by atoms with Crippen molar-refractivity contribution in [2.75, 3.05) is 14.2 Å². The topological polar surface area (TPSA) is 108 Å². The van der Waals surface area contributed by atoms with Gasteiger partial charge in [0.25, 0.3) is 12.1 Å². The molecule has 0 radical (unpaired) electrons. The number of carboxylic acids is 1. The second kappa shape index (κ2) is 15.8. The zero-order valence-electron chi connectivity index (χ0n) is 15.5. The standard InChI is InChI=1S/C5H4F6O3.C4H4F6O.CH2O3.2Na/c1-14-3(2(12)13,4(6,7)8)5(9,10)11;1-11-2(3(5,6)7)4(8,9)10;2-1-4-3;;/h1H3,(H,12,13);2H,1H3;1,3H;;/q;;;2*+1/p-2. The summed E-state index contributed by atoms with van der Waals surface area (Å²) in [6.07, 6.45) is -26.8. The molecule has 0 bridgehead atoms. The van der Waals surface area contributed by atoms with Gasteiger partial charge in [0.2, 0.25) is 6.10 Å². The molecule has 0 saturated heterocycles. The maximum absolute atomic E-state index is 11.9. The molecule has 0 aromatic carbocycles. The van der Waals surface area contributed by atoms with Crippen LogP contribution in [0.5, 0.6) is 0 Å². The number of rotatable bonds is 4. The number of hydrogen-bond donors (Lipinski definition) is 0. The van der Waals surface area contributed by atoms with E-state index in [2.05, 4.69) is 14.4 Å². The summed E-state index contributed by atoms with van der Waals surface area (Å²) in [5.41, 5.74) is -5.28. The third kappa shape index (κ3) is 13.3. The Morgan fingerprint density at radius 2 is 1.06 bits per heavy atom. The first-order chi connectivity index (χ1) is 12.6. The molecule has 0 aromatic heterocycles. The molecule has 0 heterocycles. The minimum Gasteiger partial charge on any atom is -0.662 e. The number of carbonyl (C=O) groups excluding carboxylic acids is 2. The van der Waals surface area contributed by atoms with E-state index in [1.54, 1.807) is 0 Å². The molecule has 0 aliphatic carbocycles. The molecule has 0 aromatic rings. The van der Waals surface area contributed by atoms with Crippen LogP contribution in [0.15, 0.2) is 0 Å².